The average molecular weight is 343 g/mol. The zero-order valence-corrected chi connectivity index (χ0v) is 12.4. The Balaban J connectivity index is 2.24. The number of aliphatic hydroxyl groups is 1. The quantitative estimate of drug-likeness (QED) is 0.648. The van der Waals surface area contributed by atoms with Crippen LogP contribution < -0.4 is 10.1 Å². The Morgan fingerprint density at radius 1 is 1.12 bits per heavy atom. The highest BCUT2D eigenvalue weighted by Gasteiger charge is 2.20. The van der Waals surface area contributed by atoms with Crippen molar-refractivity contribution in [2.24, 2.45) is 0 Å². The lowest BCUT2D eigenvalue weighted by Crippen LogP contribution is -2.31. The normalized spacial score (nSPS) is 11.9. The van der Waals surface area contributed by atoms with Crippen LogP contribution in [0.15, 0.2) is 30.3 Å². The molecule has 2 aromatic rings. The largest absolute Gasteiger partial charge is 0.494 e. The summed E-state index contributed by atoms with van der Waals surface area (Å²) >= 11 is 0. The lowest BCUT2D eigenvalue weighted by Gasteiger charge is -2.17. The average Bonchev–Trinajstić information content (AvgIpc) is 2.56. The molecule has 2 rings (SSSR count). The second-order valence-electron chi connectivity index (χ2n) is 4.86. The smallest absolute Gasteiger partial charge is 0.251 e. The monoisotopic (exact) mass is 343 g/mol. The molecule has 0 radical (unpaired) electrons. The molecule has 128 valence electrons. The van der Waals surface area contributed by atoms with E-state index in [2.05, 4.69) is 5.32 Å². The van der Waals surface area contributed by atoms with E-state index in [1.165, 1.54) is 19.2 Å². The van der Waals surface area contributed by atoms with E-state index in [9.17, 15) is 27.5 Å². The molecular formula is C16H13F4NO3. The van der Waals surface area contributed by atoms with Crippen molar-refractivity contribution in [1.82, 2.24) is 5.32 Å². The summed E-state index contributed by atoms with van der Waals surface area (Å²) in [5, 5.41) is 11.6. The Morgan fingerprint density at radius 3 is 2.25 bits per heavy atom. The van der Waals surface area contributed by atoms with Crippen LogP contribution in [0.2, 0.25) is 0 Å². The Hall–Kier alpha value is -2.61. The van der Waals surface area contributed by atoms with Crippen molar-refractivity contribution in [3.63, 3.8) is 0 Å². The van der Waals surface area contributed by atoms with Crippen molar-refractivity contribution in [3.8, 4) is 5.75 Å². The van der Waals surface area contributed by atoms with Crippen LogP contribution in [0.25, 0.3) is 0 Å². The molecule has 0 aliphatic carbocycles. The molecule has 1 unspecified atom stereocenters. The number of benzene rings is 2. The van der Waals surface area contributed by atoms with Gasteiger partial charge in [0.15, 0.2) is 29.0 Å². The zero-order chi connectivity index (χ0) is 17.9. The van der Waals surface area contributed by atoms with E-state index in [1.54, 1.807) is 0 Å². The Bertz CT molecular complexity index is 744. The van der Waals surface area contributed by atoms with E-state index in [-0.39, 0.29) is 16.9 Å². The van der Waals surface area contributed by atoms with Crippen molar-refractivity contribution in [2.75, 3.05) is 13.7 Å². The van der Waals surface area contributed by atoms with Gasteiger partial charge in [-0.05, 0) is 35.9 Å². The van der Waals surface area contributed by atoms with Gasteiger partial charge in [-0.25, -0.2) is 17.6 Å². The Labute approximate surface area is 134 Å². The standard InChI is InChI=1S/C16H13F4NO3/c1-24-14-3-2-8(4-10(14)17)16(23)21-13(7-22)9-5-11(18)15(20)12(19)6-9/h2-6,13,22H,7H2,1H3,(H,21,23). The maximum Gasteiger partial charge on any atom is 0.251 e. The number of hydrogen-bond acceptors (Lipinski definition) is 3. The first kappa shape index (κ1) is 17.7. The summed E-state index contributed by atoms with van der Waals surface area (Å²) in [5.41, 5.74) is -0.258. The Morgan fingerprint density at radius 2 is 1.75 bits per heavy atom. The molecule has 0 saturated heterocycles. The number of hydrogen-bond donors (Lipinski definition) is 2. The number of amides is 1. The fraction of sp³-hybridized carbons (Fsp3) is 0.188. The highest BCUT2D eigenvalue weighted by atomic mass is 19.2. The number of rotatable bonds is 5. The van der Waals surface area contributed by atoms with Crippen molar-refractivity contribution < 1.29 is 32.2 Å². The molecule has 0 heterocycles. The van der Waals surface area contributed by atoms with Crippen LogP contribution in [0.4, 0.5) is 17.6 Å². The molecule has 0 bridgehead atoms. The summed E-state index contributed by atoms with van der Waals surface area (Å²) in [6.45, 7) is -0.700. The summed E-state index contributed by atoms with van der Waals surface area (Å²) < 4.78 is 57.8. The molecule has 1 amide bonds. The van der Waals surface area contributed by atoms with Crippen LogP contribution in [0, 0.1) is 23.3 Å². The number of halogens is 4. The van der Waals surface area contributed by atoms with Crippen LogP contribution in [0.5, 0.6) is 5.75 Å². The molecule has 8 heteroatoms. The molecule has 0 saturated carbocycles. The van der Waals surface area contributed by atoms with Crippen molar-refractivity contribution in [1.29, 1.82) is 0 Å². The number of nitrogens with one attached hydrogen (secondary N) is 1. The molecule has 0 fully saturated rings. The van der Waals surface area contributed by atoms with Gasteiger partial charge in [-0.2, -0.15) is 0 Å². The van der Waals surface area contributed by atoms with E-state index >= 15 is 0 Å². The summed E-state index contributed by atoms with van der Waals surface area (Å²) in [7, 11) is 1.26. The van der Waals surface area contributed by atoms with Crippen LogP contribution in [0.3, 0.4) is 0 Å². The van der Waals surface area contributed by atoms with Crippen molar-refractivity contribution in [3.05, 3.63) is 64.7 Å². The molecule has 24 heavy (non-hydrogen) atoms. The Kier molecular flexibility index (Phi) is 5.40. The van der Waals surface area contributed by atoms with E-state index < -0.39 is 41.8 Å². The highest BCUT2D eigenvalue weighted by molar-refractivity contribution is 5.94. The summed E-state index contributed by atoms with van der Waals surface area (Å²) in [6.07, 6.45) is 0. The van der Waals surface area contributed by atoms with Crippen molar-refractivity contribution >= 4 is 5.91 Å². The molecule has 2 N–H and O–H groups in total. The van der Waals surface area contributed by atoms with E-state index in [1.807, 2.05) is 0 Å². The van der Waals surface area contributed by atoms with Crippen LogP contribution in [-0.4, -0.2) is 24.7 Å². The third-order valence-electron chi connectivity index (χ3n) is 3.31. The van der Waals surface area contributed by atoms with Crippen molar-refractivity contribution in [2.45, 2.75) is 6.04 Å². The lowest BCUT2D eigenvalue weighted by atomic mass is 10.1. The fourth-order valence-corrected chi connectivity index (χ4v) is 2.06. The van der Waals surface area contributed by atoms with Crippen LogP contribution in [0.1, 0.15) is 22.0 Å². The van der Waals surface area contributed by atoms with Gasteiger partial charge >= 0.3 is 0 Å². The van der Waals surface area contributed by atoms with Gasteiger partial charge in [0, 0.05) is 5.56 Å². The molecular weight excluding hydrogens is 330 g/mol. The number of carbonyl (C=O) groups is 1. The van der Waals surface area contributed by atoms with Gasteiger partial charge in [0.05, 0.1) is 19.8 Å². The van der Waals surface area contributed by atoms with Crippen LogP contribution >= 0.6 is 0 Å². The molecule has 0 aliphatic rings. The third kappa shape index (κ3) is 3.65. The van der Waals surface area contributed by atoms with Gasteiger partial charge in [-0.15, -0.1) is 0 Å². The first-order valence-corrected chi connectivity index (χ1v) is 6.77. The van der Waals surface area contributed by atoms with Gasteiger partial charge < -0.3 is 15.2 Å². The van der Waals surface area contributed by atoms with Gasteiger partial charge in [0.1, 0.15) is 0 Å². The summed E-state index contributed by atoms with van der Waals surface area (Å²) in [5.74, 6) is -6.18. The molecule has 0 aromatic heterocycles. The first-order chi connectivity index (χ1) is 11.4. The van der Waals surface area contributed by atoms with Gasteiger partial charge in [-0.1, -0.05) is 0 Å². The van der Waals surface area contributed by atoms with E-state index in [0.717, 1.165) is 6.07 Å². The minimum absolute atomic E-state index is 0.0621. The van der Waals surface area contributed by atoms with E-state index in [0.29, 0.717) is 12.1 Å². The predicted octanol–water partition coefficient (Wildman–Crippen LogP) is 2.72. The highest BCUT2D eigenvalue weighted by Crippen LogP contribution is 2.21. The maximum atomic E-state index is 13.6. The zero-order valence-electron chi connectivity index (χ0n) is 12.4. The molecule has 0 spiro atoms. The fourth-order valence-electron chi connectivity index (χ4n) is 2.06. The summed E-state index contributed by atoms with van der Waals surface area (Å²) in [4.78, 5) is 12.1. The van der Waals surface area contributed by atoms with Gasteiger partial charge in [0.2, 0.25) is 0 Å². The molecule has 2 aromatic carbocycles. The first-order valence-electron chi connectivity index (χ1n) is 6.77. The van der Waals surface area contributed by atoms with Crippen LogP contribution in [-0.2, 0) is 0 Å². The minimum atomic E-state index is -1.65. The van der Waals surface area contributed by atoms with Gasteiger partial charge in [0.25, 0.3) is 5.91 Å². The lowest BCUT2D eigenvalue weighted by molar-refractivity contribution is 0.0915. The summed E-state index contributed by atoms with van der Waals surface area (Å²) in [6, 6.07) is 3.54. The number of ether oxygens (including phenoxy) is 1. The molecule has 0 aliphatic heterocycles. The maximum absolute atomic E-state index is 13.6. The third-order valence-corrected chi connectivity index (χ3v) is 3.31. The van der Waals surface area contributed by atoms with E-state index in [4.69, 9.17) is 4.74 Å². The number of methoxy groups -OCH3 is 1. The molecule has 1 atom stereocenters. The van der Waals surface area contributed by atoms with Gasteiger partial charge in [-0.3, -0.25) is 4.79 Å². The SMILES string of the molecule is COc1ccc(C(=O)NC(CO)c2cc(F)c(F)c(F)c2)cc1F. The second-order valence-corrected chi connectivity index (χ2v) is 4.86. The second kappa shape index (κ2) is 7.31. The number of aliphatic hydroxyl groups excluding tert-OH is 1. The number of carbonyl (C=O) groups excluding carboxylic acids is 1. The minimum Gasteiger partial charge on any atom is -0.494 e. The topological polar surface area (TPSA) is 58.6 Å². The molecule has 4 nitrogen and oxygen atoms in total. The predicted molar refractivity (Wildman–Crippen MR) is 76.6 cm³/mol.